The Bertz CT molecular complexity index is 780. The molecular weight excluding hydrogens is 312 g/mol. The molecule has 0 spiro atoms. The van der Waals surface area contributed by atoms with Crippen LogP contribution < -0.4 is 5.32 Å². The van der Waals surface area contributed by atoms with Crippen molar-refractivity contribution in [1.82, 2.24) is 10.3 Å². The third-order valence-electron chi connectivity index (χ3n) is 3.17. The van der Waals surface area contributed by atoms with Gasteiger partial charge in [-0.05, 0) is 12.1 Å². The van der Waals surface area contributed by atoms with E-state index in [0.717, 1.165) is 16.3 Å². The molecule has 6 heteroatoms. The monoisotopic (exact) mass is 328 g/mol. The van der Waals surface area contributed by atoms with Crippen molar-refractivity contribution >= 4 is 17.2 Å². The fourth-order valence-electron chi connectivity index (χ4n) is 2.08. The molecule has 1 N–H and O–H groups in total. The normalized spacial score (nSPS) is 10.7. The van der Waals surface area contributed by atoms with E-state index in [0.29, 0.717) is 18.9 Å². The van der Waals surface area contributed by atoms with Gasteiger partial charge in [0, 0.05) is 18.1 Å². The van der Waals surface area contributed by atoms with Crippen molar-refractivity contribution in [2.75, 3.05) is 7.11 Å². The summed E-state index contributed by atoms with van der Waals surface area (Å²) in [4.78, 5) is 16.6. The lowest BCUT2D eigenvalue weighted by molar-refractivity contribution is 0.0914. The third kappa shape index (κ3) is 3.85. The molecule has 3 aromatic rings. The summed E-state index contributed by atoms with van der Waals surface area (Å²) < 4.78 is 10.4. The molecule has 5 nitrogen and oxygen atoms in total. The van der Waals surface area contributed by atoms with Crippen molar-refractivity contribution < 1.29 is 13.9 Å². The van der Waals surface area contributed by atoms with E-state index >= 15 is 0 Å². The van der Waals surface area contributed by atoms with E-state index in [9.17, 15) is 4.79 Å². The van der Waals surface area contributed by atoms with Crippen molar-refractivity contribution in [3.8, 4) is 10.6 Å². The van der Waals surface area contributed by atoms with Crippen LogP contribution in [0.15, 0.2) is 52.3 Å². The van der Waals surface area contributed by atoms with Crippen LogP contribution in [0.5, 0.6) is 0 Å². The Morgan fingerprint density at radius 1 is 1.26 bits per heavy atom. The average molecular weight is 328 g/mol. The Hall–Kier alpha value is -2.44. The molecule has 23 heavy (non-hydrogen) atoms. The van der Waals surface area contributed by atoms with E-state index in [1.165, 1.54) is 0 Å². The second kappa shape index (κ2) is 7.21. The second-order valence-electron chi connectivity index (χ2n) is 4.89. The van der Waals surface area contributed by atoms with E-state index in [1.54, 1.807) is 30.6 Å². The van der Waals surface area contributed by atoms with Crippen molar-refractivity contribution in [2.24, 2.45) is 0 Å². The molecule has 0 unspecified atom stereocenters. The van der Waals surface area contributed by atoms with Gasteiger partial charge in [0.25, 0.3) is 5.91 Å². The number of rotatable bonds is 6. The summed E-state index contributed by atoms with van der Waals surface area (Å²) in [6.07, 6.45) is 0. The van der Waals surface area contributed by atoms with E-state index in [1.807, 2.05) is 35.7 Å². The number of thiazole rings is 1. The van der Waals surface area contributed by atoms with Crippen molar-refractivity contribution in [3.63, 3.8) is 0 Å². The number of amides is 1. The Morgan fingerprint density at radius 2 is 2.09 bits per heavy atom. The highest BCUT2D eigenvalue weighted by Gasteiger charge is 2.12. The number of benzene rings is 1. The first kappa shape index (κ1) is 15.5. The number of hydrogen-bond acceptors (Lipinski definition) is 5. The van der Waals surface area contributed by atoms with Crippen molar-refractivity contribution in [2.45, 2.75) is 13.2 Å². The lowest BCUT2D eigenvalue weighted by atomic mass is 10.2. The van der Waals surface area contributed by atoms with Crippen LogP contribution in [-0.2, 0) is 17.9 Å². The Balaban J connectivity index is 1.60. The molecule has 0 bridgehead atoms. The number of nitrogens with zero attached hydrogens (tertiary/aromatic N) is 1. The maximum atomic E-state index is 12.0. The topological polar surface area (TPSA) is 64.4 Å². The lowest BCUT2D eigenvalue weighted by Crippen LogP contribution is -2.22. The van der Waals surface area contributed by atoms with Crippen LogP contribution in [0.4, 0.5) is 0 Å². The summed E-state index contributed by atoms with van der Waals surface area (Å²) in [6.45, 7) is 0.711. The summed E-state index contributed by atoms with van der Waals surface area (Å²) in [5, 5.41) is 5.69. The standard InChI is InChI=1S/C17H16N2O3S/c1-21-10-14-7-8-15(22-14)16(20)18-9-13-11-23-17(19-13)12-5-3-2-4-6-12/h2-8,11H,9-10H2,1H3,(H,18,20). The number of ether oxygens (including phenoxy) is 1. The van der Waals surface area contributed by atoms with Crippen LogP contribution in [-0.4, -0.2) is 18.0 Å². The molecule has 0 saturated heterocycles. The van der Waals surface area contributed by atoms with E-state index in [4.69, 9.17) is 9.15 Å². The van der Waals surface area contributed by atoms with Crippen molar-refractivity contribution in [1.29, 1.82) is 0 Å². The maximum Gasteiger partial charge on any atom is 0.287 e. The molecule has 0 saturated carbocycles. The van der Waals surface area contributed by atoms with Crippen LogP contribution in [0.1, 0.15) is 22.0 Å². The highest BCUT2D eigenvalue weighted by atomic mass is 32.1. The van der Waals surface area contributed by atoms with Gasteiger partial charge in [0.05, 0.1) is 12.2 Å². The van der Waals surface area contributed by atoms with E-state index in [2.05, 4.69) is 10.3 Å². The van der Waals surface area contributed by atoms with Gasteiger partial charge in [0.1, 0.15) is 17.4 Å². The van der Waals surface area contributed by atoms with Crippen LogP contribution in [0.25, 0.3) is 10.6 Å². The molecule has 2 aromatic heterocycles. The summed E-state index contributed by atoms with van der Waals surface area (Å²) in [6, 6.07) is 13.3. The van der Waals surface area contributed by atoms with Crippen molar-refractivity contribution in [3.05, 3.63) is 65.1 Å². The zero-order valence-corrected chi connectivity index (χ0v) is 13.4. The smallest absolute Gasteiger partial charge is 0.287 e. The summed E-state index contributed by atoms with van der Waals surface area (Å²) in [7, 11) is 1.58. The third-order valence-corrected chi connectivity index (χ3v) is 4.11. The van der Waals surface area contributed by atoms with Gasteiger partial charge in [-0.2, -0.15) is 0 Å². The molecule has 0 aliphatic carbocycles. The van der Waals surface area contributed by atoms with E-state index < -0.39 is 0 Å². The molecule has 1 amide bonds. The lowest BCUT2D eigenvalue weighted by Gasteiger charge is -2.00. The minimum atomic E-state index is -0.262. The molecule has 2 heterocycles. The Labute approximate surface area is 137 Å². The number of methoxy groups -OCH3 is 1. The zero-order valence-electron chi connectivity index (χ0n) is 12.6. The van der Waals surface area contributed by atoms with Crippen LogP contribution in [0.3, 0.4) is 0 Å². The molecule has 0 atom stereocenters. The summed E-state index contributed by atoms with van der Waals surface area (Å²) in [5.41, 5.74) is 1.90. The molecule has 118 valence electrons. The predicted octanol–water partition coefficient (Wildman–Crippen LogP) is 3.48. The minimum Gasteiger partial charge on any atom is -0.453 e. The maximum absolute atomic E-state index is 12.0. The first-order valence-electron chi connectivity index (χ1n) is 7.12. The van der Waals surface area contributed by atoms with Crippen LogP contribution >= 0.6 is 11.3 Å². The number of nitrogens with one attached hydrogen (secondary N) is 1. The highest BCUT2D eigenvalue weighted by Crippen LogP contribution is 2.23. The number of furan rings is 1. The molecule has 0 radical (unpaired) electrons. The number of carbonyl (C=O) groups is 1. The Morgan fingerprint density at radius 3 is 2.87 bits per heavy atom. The minimum absolute atomic E-state index is 0.262. The van der Waals surface area contributed by atoms with E-state index in [-0.39, 0.29) is 11.7 Å². The van der Waals surface area contributed by atoms with Gasteiger partial charge in [-0.25, -0.2) is 4.98 Å². The summed E-state index contributed by atoms with van der Waals surface area (Å²) >= 11 is 1.56. The molecule has 1 aromatic carbocycles. The number of aromatic nitrogens is 1. The molecule has 0 aliphatic heterocycles. The average Bonchev–Trinajstić information content (AvgIpc) is 3.23. The van der Waals surface area contributed by atoms with Gasteiger partial charge in [-0.1, -0.05) is 30.3 Å². The van der Waals surface area contributed by atoms with Gasteiger partial charge in [0.15, 0.2) is 5.76 Å². The first-order chi connectivity index (χ1) is 11.3. The van der Waals surface area contributed by atoms with Gasteiger partial charge < -0.3 is 14.5 Å². The van der Waals surface area contributed by atoms with Gasteiger partial charge >= 0.3 is 0 Å². The largest absolute Gasteiger partial charge is 0.453 e. The van der Waals surface area contributed by atoms with Gasteiger partial charge in [-0.15, -0.1) is 11.3 Å². The quantitative estimate of drug-likeness (QED) is 0.752. The summed E-state index contributed by atoms with van der Waals surface area (Å²) in [5.74, 6) is 0.634. The molecular formula is C17H16N2O3S. The fourth-order valence-corrected chi connectivity index (χ4v) is 2.91. The molecule has 3 rings (SSSR count). The zero-order chi connectivity index (χ0) is 16.1. The highest BCUT2D eigenvalue weighted by molar-refractivity contribution is 7.13. The fraction of sp³-hybridized carbons (Fsp3) is 0.176. The van der Waals surface area contributed by atoms with Gasteiger partial charge in [-0.3, -0.25) is 4.79 Å². The van der Waals surface area contributed by atoms with Crippen LogP contribution in [0, 0.1) is 0 Å². The number of carbonyl (C=O) groups excluding carboxylic acids is 1. The van der Waals surface area contributed by atoms with Gasteiger partial charge in [0.2, 0.25) is 0 Å². The molecule has 0 fully saturated rings. The van der Waals surface area contributed by atoms with Crippen LogP contribution in [0.2, 0.25) is 0 Å². The first-order valence-corrected chi connectivity index (χ1v) is 8.00. The number of hydrogen-bond donors (Lipinski definition) is 1. The predicted molar refractivity (Wildman–Crippen MR) is 88.1 cm³/mol. The molecule has 0 aliphatic rings. The Kier molecular flexibility index (Phi) is 4.85. The second-order valence-corrected chi connectivity index (χ2v) is 5.75. The SMILES string of the molecule is COCc1ccc(C(=O)NCc2csc(-c3ccccc3)n2)o1.